The first-order chi connectivity index (χ1) is 13.8. The number of hydrogen-bond donors (Lipinski definition) is 2. The molecule has 3 atom stereocenters. The minimum Gasteiger partial charge on any atom is -0.507 e. The third-order valence-corrected chi connectivity index (χ3v) is 6.21. The zero-order valence-corrected chi connectivity index (χ0v) is 16.5. The smallest absolute Gasteiger partial charge is 0.416 e. The van der Waals surface area contributed by atoms with Crippen LogP contribution in [0.2, 0.25) is 0 Å². The molecule has 2 aromatic rings. The molecule has 5 nitrogen and oxygen atoms in total. The molecule has 4 rings (SSSR count). The van der Waals surface area contributed by atoms with Gasteiger partial charge >= 0.3 is 6.18 Å². The fourth-order valence-corrected chi connectivity index (χ4v) is 4.60. The summed E-state index contributed by atoms with van der Waals surface area (Å²) < 4.78 is 38.8. The van der Waals surface area contributed by atoms with E-state index in [9.17, 15) is 18.3 Å². The fraction of sp³-hybridized carbons (Fsp3) is 0.524. The van der Waals surface area contributed by atoms with Crippen molar-refractivity contribution in [2.45, 2.75) is 51.4 Å². The van der Waals surface area contributed by atoms with Gasteiger partial charge in [0, 0.05) is 24.2 Å². The largest absolute Gasteiger partial charge is 0.507 e. The summed E-state index contributed by atoms with van der Waals surface area (Å²) >= 11 is 0. The van der Waals surface area contributed by atoms with E-state index in [4.69, 9.17) is 0 Å². The summed E-state index contributed by atoms with van der Waals surface area (Å²) in [6, 6.07) is 6.17. The van der Waals surface area contributed by atoms with Crippen molar-refractivity contribution >= 4 is 5.82 Å². The zero-order chi connectivity index (χ0) is 20.8. The molecular formula is C21H25F3N4O. The highest BCUT2D eigenvalue weighted by Gasteiger charge is 2.39. The minimum absolute atomic E-state index is 0.279. The van der Waals surface area contributed by atoms with Gasteiger partial charge in [0.2, 0.25) is 0 Å². The zero-order valence-electron chi connectivity index (χ0n) is 16.5. The third kappa shape index (κ3) is 3.77. The Kier molecular flexibility index (Phi) is 5.14. The van der Waals surface area contributed by atoms with Crippen molar-refractivity contribution in [3.8, 4) is 17.0 Å². The normalized spacial score (nSPS) is 24.6. The molecule has 1 aromatic heterocycles. The van der Waals surface area contributed by atoms with Crippen molar-refractivity contribution in [1.82, 2.24) is 15.5 Å². The molecule has 29 heavy (non-hydrogen) atoms. The van der Waals surface area contributed by atoms with Gasteiger partial charge in [0.25, 0.3) is 0 Å². The fourth-order valence-electron chi connectivity index (χ4n) is 4.60. The molecule has 0 radical (unpaired) electrons. The van der Waals surface area contributed by atoms with Crippen LogP contribution in [0.1, 0.15) is 37.3 Å². The molecule has 3 heterocycles. The van der Waals surface area contributed by atoms with E-state index >= 15 is 0 Å². The maximum absolute atomic E-state index is 12.9. The number of piperidine rings is 1. The molecule has 2 N–H and O–H groups in total. The number of hydrogen-bond acceptors (Lipinski definition) is 5. The molecule has 1 aromatic carbocycles. The molecule has 0 bridgehead atoms. The number of alkyl halides is 3. The quantitative estimate of drug-likeness (QED) is 0.802. The third-order valence-electron chi connectivity index (χ3n) is 6.21. The highest BCUT2D eigenvalue weighted by molar-refractivity contribution is 5.71. The first-order valence-corrected chi connectivity index (χ1v) is 10.0. The van der Waals surface area contributed by atoms with Crippen LogP contribution in [0.25, 0.3) is 11.3 Å². The molecule has 0 amide bonds. The number of nitrogens with one attached hydrogen (secondary N) is 1. The molecule has 0 saturated carbocycles. The predicted octanol–water partition coefficient (Wildman–Crippen LogP) is 4.14. The number of rotatable bonds is 3. The second kappa shape index (κ2) is 7.48. The molecule has 0 aliphatic carbocycles. The second-order valence-corrected chi connectivity index (χ2v) is 8.04. The molecule has 2 aliphatic rings. The molecular weight excluding hydrogens is 381 g/mol. The number of halogens is 3. The van der Waals surface area contributed by atoms with E-state index in [1.807, 2.05) is 6.07 Å². The number of fused-ring (bicyclic) bond motifs is 1. The van der Waals surface area contributed by atoms with E-state index in [1.165, 1.54) is 6.92 Å². The van der Waals surface area contributed by atoms with Gasteiger partial charge in [-0.05, 0) is 62.1 Å². The van der Waals surface area contributed by atoms with Crippen molar-refractivity contribution < 1.29 is 18.3 Å². The van der Waals surface area contributed by atoms with Crippen LogP contribution in [0.5, 0.6) is 5.75 Å². The Morgan fingerprint density at radius 2 is 2.03 bits per heavy atom. The van der Waals surface area contributed by atoms with Crippen molar-refractivity contribution in [1.29, 1.82) is 0 Å². The average molecular weight is 406 g/mol. The number of phenolic OH excluding ortho intramolecular Hbond substituents is 1. The average Bonchev–Trinajstić information content (AvgIpc) is 3.10. The molecule has 2 aliphatic heterocycles. The van der Waals surface area contributed by atoms with Crippen LogP contribution in [0, 0.1) is 12.8 Å². The van der Waals surface area contributed by atoms with Gasteiger partial charge in [-0.3, -0.25) is 0 Å². The summed E-state index contributed by atoms with van der Waals surface area (Å²) in [6.45, 7) is 5.70. The lowest BCUT2D eigenvalue weighted by atomic mass is 9.89. The van der Waals surface area contributed by atoms with Crippen LogP contribution in [-0.4, -0.2) is 40.5 Å². The SMILES string of the molecule is CCC1CN[C@H]2CCN(c3ccc(-c4c(C)cc(C(F)(F)F)cc4O)nn3)[C@@H]2C1. The number of aromatic nitrogens is 2. The maximum Gasteiger partial charge on any atom is 0.416 e. The monoisotopic (exact) mass is 406 g/mol. The summed E-state index contributed by atoms with van der Waals surface area (Å²) in [4.78, 5) is 2.27. The van der Waals surface area contributed by atoms with E-state index in [1.54, 1.807) is 6.07 Å². The molecule has 2 saturated heterocycles. The van der Waals surface area contributed by atoms with E-state index in [2.05, 4.69) is 27.3 Å². The Labute approximate surface area is 167 Å². The van der Waals surface area contributed by atoms with Gasteiger partial charge in [-0.15, -0.1) is 10.2 Å². The van der Waals surface area contributed by atoms with Crippen molar-refractivity contribution in [3.63, 3.8) is 0 Å². The number of aromatic hydroxyl groups is 1. The summed E-state index contributed by atoms with van der Waals surface area (Å²) in [5.74, 6) is 0.975. The topological polar surface area (TPSA) is 61.3 Å². The van der Waals surface area contributed by atoms with E-state index < -0.39 is 17.5 Å². The summed E-state index contributed by atoms with van der Waals surface area (Å²) in [7, 11) is 0. The predicted molar refractivity (Wildman–Crippen MR) is 105 cm³/mol. The van der Waals surface area contributed by atoms with E-state index in [-0.39, 0.29) is 5.56 Å². The molecule has 156 valence electrons. The molecule has 2 fully saturated rings. The number of nitrogens with zero attached hydrogens (tertiary/aromatic N) is 3. The first-order valence-electron chi connectivity index (χ1n) is 10.0. The van der Waals surface area contributed by atoms with Crippen LogP contribution >= 0.6 is 0 Å². The molecule has 1 unspecified atom stereocenters. The Balaban J connectivity index is 1.59. The first kappa shape index (κ1) is 19.9. The van der Waals surface area contributed by atoms with Crippen molar-refractivity contribution in [2.75, 3.05) is 18.0 Å². The van der Waals surface area contributed by atoms with Gasteiger partial charge in [-0.25, -0.2) is 0 Å². The van der Waals surface area contributed by atoms with Gasteiger partial charge in [-0.2, -0.15) is 13.2 Å². The Morgan fingerprint density at radius 1 is 1.24 bits per heavy atom. The van der Waals surface area contributed by atoms with Crippen molar-refractivity contribution in [3.05, 3.63) is 35.4 Å². The lowest BCUT2D eigenvalue weighted by Gasteiger charge is -2.37. The summed E-state index contributed by atoms with van der Waals surface area (Å²) in [5, 5.41) is 22.4. The Bertz CT molecular complexity index is 861. The van der Waals surface area contributed by atoms with Crippen LogP contribution in [0.15, 0.2) is 24.3 Å². The number of anilines is 1. The van der Waals surface area contributed by atoms with E-state index in [0.717, 1.165) is 50.3 Å². The van der Waals surface area contributed by atoms with Crippen LogP contribution in [-0.2, 0) is 6.18 Å². The lowest BCUT2D eigenvalue weighted by Crippen LogP contribution is -2.50. The van der Waals surface area contributed by atoms with Crippen LogP contribution in [0.3, 0.4) is 0 Å². The molecule has 0 spiro atoms. The van der Waals surface area contributed by atoms with E-state index in [0.29, 0.717) is 29.3 Å². The Hall–Kier alpha value is -2.35. The number of aryl methyl sites for hydroxylation is 1. The van der Waals surface area contributed by atoms with Gasteiger partial charge < -0.3 is 15.3 Å². The standard InChI is InChI=1S/C21H25F3N4O/c1-3-13-9-17-15(25-11-13)6-7-28(17)19-5-4-16(26-27-19)20-12(2)8-14(10-18(20)29)21(22,23)24/h4-5,8,10,13,15,17,25,29H,3,6-7,9,11H2,1-2H3/t13?,15-,17+/m0/s1. The van der Waals surface area contributed by atoms with Gasteiger partial charge in [0.15, 0.2) is 5.82 Å². The second-order valence-electron chi connectivity index (χ2n) is 8.04. The Morgan fingerprint density at radius 3 is 2.66 bits per heavy atom. The number of benzene rings is 1. The van der Waals surface area contributed by atoms with Crippen LogP contribution in [0.4, 0.5) is 19.0 Å². The molecule has 8 heteroatoms. The van der Waals surface area contributed by atoms with Gasteiger partial charge in [0.1, 0.15) is 5.75 Å². The highest BCUT2D eigenvalue weighted by atomic mass is 19.4. The summed E-state index contributed by atoms with van der Waals surface area (Å²) in [6.07, 6.45) is -1.19. The highest BCUT2D eigenvalue weighted by Crippen LogP contribution is 2.39. The van der Waals surface area contributed by atoms with Gasteiger partial charge in [-0.1, -0.05) is 13.3 Å². The minimum atomic E-state index is -4.51. The lowest BCUT2D eigenvalue weighted by molar-refractivity contribution is -0.137. The number of phenols is 1. The maximum atomic E-state index is 12.9. The summed E-state index contributed by atoms with van der Waals surface area (Å²) in [5.41, 5.74) is 0.0743. The van der Waals surface area contributed by atoms with Crippen molar-refractivity contribution in [2.24, 2.45) is 5.92 Å². The van der Waals surface area contributed by atoms with Crippen LogP contribution < -0.4 is 10.2 Å². The van der Waals surface area contributed by atoms with Gasteiger partial charge in [0.05, 0.1) is 11.3 Å².